The summed E-state index contributed by atoms with van der Waals surface area (Å²) in [6, 6.07) is 0.506. The van der Waals surface area contributed by atoms with Gasteiger partial charge in [-0.15, -0.1) is 5.10 Å². The smallest absolute Gasteiger partial charge is 0.151 e. The van der Waals surface area contributed by atoms with E-state index in [2.05, 4.69) is 27.8 Å². The van der Waals surface area contributed by atoms with Crippen LogP contribution in [0.25, 0.3) is 0 Å². The molecule has 1 aromatic rings. The van der Waals surface area contributed by atoms with Crippen LogP contribution in [-0.4, -0.2) is 33.3 Å². The van der Waals surface area contributed by atoms with Crippen LogP contribution in [0.15, 0.2) is 0 Å². The molecule has 13 heavy (non-hydrogen) atoms. The van der Waals surface area contributed by atoms with Crippen molar-refractivity contribution in [3.63, 3.8) is 0 Å². The van der Waals surface area contributed by atoms with E-state index in [0.717, 1.165) is 38.2 Å². The fraction of sp³-hybridized carbons (Fsp3) is 0.875. The van der Waals surface area contributed by atoms with E-state index in [1.54, 1.807) is 0 Å². The van der Waals surface area contributed by atoms with Crippen LogP contribution in [0.3, 0.4) is 0 Å². The summed E-state index contributed by atoms with van der Waals surface area (Å²) in [5.74, 6) is 1.01. The Balaban J connectivity index is 2.13. The van der Waals surface area contributed by atoms with Crippen LogP contribution in [0.5, 0.6) is 0 Å². The first-order chi connectivity index (χ1) is 6.42. The van der Waals surface area contributed by atoms with Crippen LogP contribution in [0.4, 0.5) is 0 Å². The highest BCUT2D eigenvalue weighted by molar-refractivity contribution is 4.85. The fourth-order valence-corrected chi connectivity index (χ4v) is 1.78. The predicted octanol–water partition coefficient (Wildman–Crippen LogP) is 0.160. The SMILES string of the molecule is CCc1nnnn1C1CCNCC1. The molecule has 5 heteroatoms. The molecule has 2 heterocycles. The molecule has 0 radical (unpaired) electrons. The molecule has 5 nitrogen and oxygen atoms in total. The van der Waals surface area contributed by atoms with E-state index in [1.165, 1.54) is 0 Å². The van der Waals surface area contributed by atoms with E-state index in [0.29, 0.717) is 6.04 Å². The second-order valence-corrected chi connectivity index (χ2v) is 3.37. The number of hydrogen-bond acceptors (Lipinski definition) is 4. The summed E-state index contributed by atoms with van der Waals surface area (Å²) in [5, 5.41) is 15.1. The van der Waals surface area contributed by atoms with Gasteiger partial charge in [0.25, 0.3) is 0 Å². The van der Waals surface area contributed by atoms with Gasteiger partial charge in [-0.3, -0.25) is 0 Å². The molecule has 1 N–H and O–H groups in total. The van der Waals surface area contributed by atoms with E-state index in [4.69, 9.17) is 0 Å². The minimum Gasteiger partial charge on any atom is -0.317 e. The molecule has 1 aliphatic heterocycles. The molecule has 0 saturated carbocycles. The molecule has 1 saturated heterocycles. The number of rotatable bonds is 2. The Morgan fingerprint density at radius 3 is 2.92 bits per heavy atom. The van der Waals surface area contributed by atoms with Crippen LogP contribution in [0.2, 0.25) is 0 Å². The zero-order valence-electron chi connectivity index (χ0n) is 7.90. The lowest BCUT2D eigenvalue weighted by Gasteiger charge is -2.22. The van der Waals surface area contributed by atoms with Crippen molar-refractivity contribution < 1.29 is 0 Å². The number of hydrogen-bond donors (Lipinski definition) is 1. The molecular formula is C8H15N5. The molecule has 0 aliphatic carbocycles. The molecule has 1 fully saturated rings. The largest absolute Gasteiger partial charge is 0.317 e. The van der Waals surface area contributed by atoms with Gasteiger partial charge in [0.1, 0.15) is 0 Å². The second kappa shape index (κ2) is 3.83. The van der Waals surface area contributed by atoms with Gasteiger partial charge in [0.05, 0.1) is 6.04 Å². The standard InChI is InChI=1S/C8H15N5/c1-2-8-10-11-12-13(8)7-3-5-9-6-4-7/h7,9H,2-6H2,1H3. The zero-order chi connectivity index (χ0) is 9.10. The van der Waals surface area contributed by atoms with Crippen LogP contribution in [0.1, 0.15) is 31.6 Å². The van der Waals surface area contributed by atoms with Gasteiger partial charge in [-0.2, -0.15) is 0 Å². The molecule has 0 spiro atoms. The highest BCUT2D eigenvalue weighted by atomic mass is 15.5. The van der Waals surface area contributed by atoms with Crippen molar-refractivity contribution in [2.75, 3.05) is 13.1 Å². The maximum Gasteiger partial charge on any atom is 0.151 e. The Kier molecular flexibility index (Phi) is 2.54. The molecule has 0 amide bonds. The van der Waals surface area contributed by atoms with Crippen molar-refractivity contribution in [1.82, 2.24) is 25.5 Å². The predicted molar refractivity (Wildman–Crippen MR) is 48.3 cm³/mol. The minimum absolute atomic E-state index is 0.506. The summed E-state index contributed by atoms with van der Waals surface area (Å²) >= 11 is 0. The number of nitrogens with zero attached hydrogens (tertiary/aromatic N) is 4. The first kappa shape index (κ1) is 8.62. The van der Waals surface area contributed by atoms with Crippen molar-refractivity contribution >= 4 is 0 Å². The summed E-state index contributed by atoms with van der Waals surface area (Å²) < 4.78 is 1.99. The van der Waals surface area contributed by atoms with E-state index >= 15 is 0 Å². The second-order valence-electron chi connectivity index (χ2n) is 3.37. The van der Waals surface area contributed by atoms with Crippen molar-refractivity contribution in [2.45, 2.75) is 32.2 Å². The number of aryl methyl sites for hydroxylation is 1. The topological polar surface area (TPSA) is 55.6 Å². The summed E-state index contributed by atoms with van der Waals surface area (Å²) in [6.07, 6.45) is 3.19. The third-order valence-electron chi connectivity index (χ3n) is 2.53. The van der Waals surface area contributed by atoms with Crippen molar-refractivity contribution in [3.05, 3.63) is 5.82 Å². The Hall–Kier alpha value is -0.970. The van der Waals surface area contributed by atoms with Crippen molar-refractivity contribution in [1.29, 1.82) is 0 Å². The maximum atomic E-state index is 4.04. The van der Waals surface area contributed by atoms with E-state index in [-0.39, 0.29) is 0 Å². The average molecular weight is 181 g/mol. The third kappa shape index (κ3) is 1.70. The van der Waals surface area contributed by atoms with Gasteiger partial charge in [-0.25, -0.2) is 4.68 Å². The van der Waals surface area contributed by atoms with Crippen LogP contribution >= 0.6 is 0 Å². The average Bonchev–Trinajstić information content (AvgIpc) is 2.67. The first-order valence-corrected chi connectivity index (χ1v) is 4.89. The van der Waals surface area contributed by atoms with Crippen molar-refractivity contribution in [3.8, 4) is 0 Å². The summed E-state index contributed by atoms with van der Waals surface area (Å²) in [5.41, 5.74) is 0. The van der Waals surface area contributed by atoms with Gasteiger partial charge in [0, 0.05) is 6.42 Å². The molecular weight excluding hydrogens is 166 g/mol. The Bertz CT molecular complexity index is 263. The van der Waals surface area contributed by atoms with Gasteiger partial charge in [0.2, 0.25) is 0 Å². The normalized spacial score (nSPS) is 19.2. The Morgan fingerprint density at radius 1 is 1.46 bits per heavy atom. The first-order valence-electron chi connectivity index (χ1n) is 4.89. The lowest BCUT2D eigenvalue weighted by atomic mass is 10.1. The molecule has 0 atom stereocenters. The third-order valence-corrected chi connectivity index (χ3v) is 2.53. The minimum atomic E-state index is 0.506. The van der Waals surface area contributed by atoms with E-state index in [9.17, 15) is 0 Å². The van der Waals surface area contributed by atoms with Gasteiger partial charge in [-0.1, -0.05) is 6.92 Å². The molecule has 72 valence electrons. The van der Waals surface area contributed by atoms with Gasteiger partial charge < -0.3 is 5.32 Å². The lowest BCUT2D eigenvalue weighted by molar-refractivity contribution is 0.330. The highest BCUT2D eigenvalue weighted by Gasteiger charge is 2.18. The van der Waals surface area contributed by atoms with Crippen LogP contribution in [-0.2, 0) is 6.42 Å². The summed E-state index contributed by atoms with van der Waals surface area (Å²) in [6.45, 7) is 4.24. The Morgan fingerprint density at radius 2 is 2.23 bits per heavy atom. The van der Waals surface area contributed by atoms with E-state index < -0.39 is 0 Å². The molecule has 1 aliphatic rings. The van der Waals surface area contributed by atoms with Crippen molar-refractivity contribution in [2.24, 2.45) is 0 Å². The summed E-state index contributed by atoms with van der Waals surface area (Å²) in [7, 11) is 0. The molecule has 2 rings (SSSR count). The fourth-order valence-electron chi connectivity index (χ4n) is 1.78. The number of nitrogens with one attached hydrogen (secondary N) is 1. The van der Waals surface area contributed by atoms with E-state index in [1.807, 2.05) is 4.68 Å². The number of aromatic nitrogens is 4. The maximum absolute atomic E-state index is 4.04. The quantitative estimate of drug-likeness (QED) is 0.706. The van der Waals surface area contributed by atoms with Crippen LogP contribution < -0.4 is 5.32 Å². The van der Waals surface area contributed by atoms with Gasteiger partial charge >= 0.3 is 0 Å². The molecule has 1 aromatic heterocycles. The van der Waals surface area contributed by atoms with Gasteiger partial charge in [0.15, 0.2) is 5.82 Å². The zero-order valence-corrected chi connectivity index (χ0v) is 7.90. The number of tetrazole rings is 1. The highest BCUT2D eigenvalue weighted by Crippen LogP contribution is 2.17. The summed E-state index contributed by atoms with van der Waals surface area (Å²) in [4.78, 5) is 0. The number of piperidine rings is 1. The monoisotopic (exact) mass is 181 g/mol. The lowest BCUT2D eigenvalue weighted by Crippen LogP contribution is -2.30. The molecule has 0 unspecified atom stereocenters. The molecule has 0 aromatic carbocycles. The molecule has 0 bridgehead atoms. The van der Waals surface area contributed by atoms with Gasteiger partial charge in [-0.05, 0) is 36.4 Å². The van der Waals surface area contributed by atoms with Crippen LogP contribution in [0, 0.1) is 0 Å². The Labute approximate surface area is 77.5 Å².